The number of rotatable bonds is 5. The predicted octanol–water partition coefficient (Wildman–Crippen LogP) is 4.55. The van der Waals surface area contributed by atoms with E-state index in [1.165, 1.54) is 72.3 Å². The average Bonchev–Trinajstić information content (AvgIpc) is 3.89. The van der Waals surface area contributed by atoms with E-state index < -0.39 is 106 Å². The second kappa shape index (κ2) is 19.3. The molecule has 1 saturated heterocycles. The van der Waals surface area contributed by atoms with Gasteiger partial charge >= 0.3 is 11.8 Å². The van der Waals surface area contributed by atoms with Crippen molar-refractivity contribution in [2.75, 3.05) is 33.3 Å². The highest BCUT2D eigenvalue weighted by Crippen LogP contribution is 2.48. The van der Waals surface area contributed by atoms with Gasteiger partial charge in [-0.25, -0.2) is 0 Å². The van der Waals surface area contributed by atoms with Gasteiger partial charge in [-0.05, 0) is 32.8 Å². The molecule has 342 valence electrons. The summed E-state index contributed by atoms with van der Waals surface area (Å²) in [6.07, 6.45) is 9.40. The lowest BCUT2D eigenvalue weighted by atomic mass is 9.78. The van der Waals surface area contributed by atoms with Crippen molar-refractivity contribution in [3.05, 3.63) is 69.7 Å². The number of aliphatic hydroxyl groups is 2. The van der Waals surface area contributed by atoms with E-state index in [0.717, 1.165) is 25.9 Å². The maximum Gasteiger partial charge on any atom is 0.312 e. The summed E-state index contributed by atoms with van der Waals surface area (Å²) in [4.78, 5) is 72.5. The molecule has 16 heteroatoms. The van der Waals surface area contributed by atoms with Crippen molar-refractivity contribution in [1.82, 2.24) is 15.2 Å². The zero-order valence-electron chi connectivity index (χ0n) is 37.7. The van der Waals surface area contributed by atoms with Crippen LogP contribution in [0.1, 0.15) is 111 Å². The maximum atomic E-state index is 14.8. The summed E-state index contributed by atoms with van der Waals surface area (Å²) in [5, 5.41) is 43.5. The average molecular weight is 875 g/mol. The van der Waals surface area contributed by atoms with Crippen LogP contribution in [0.4, 0.5) is 0 Å². The molecule has 0 unspecified atom stereocenters. The van der Waals surface area contributed by atoms with Crippen molar-refractivity contribution in [3.63, 3.8) is 0 Å². The van der Waals surface area contributed by atoms with Crippen LogP contribution in [0.15, 0.2) is 52.5 Å². The number of Topliss-reactive ketones (excluding diaryl/α,β-unsaturated/α-hetero) is 3. The molecule has 1 aromatic carbocycles. The first-order valence-electron chi connectivity index (χ1n) is 21.9. The Kier molecular flexibility index (Phi) is 14.5. The quantitative estimate of drug-likeness (QED) is 0.236. The van der Waals surface area contributed by atoms with Crippen LogP contribution in [0.25, 0.3) is 0 Å². The molecule has 0 radical (unpaired) electrons. The number of amides is 1. The number of methoxy groups -OCH3 is 1. The molecule has 4 aliphatic heterocycles. The summed E-state index contributed by atoms with van der Waals surface area (Å²) < 4.78 is 23.6. The molecule has 7 rings (SSSR count). The molecule has 2 fully saturated rings. The predicted molar refractivity (Wildman–Crippen MR) is 232 cm³/mol. The number of aromatic hydroxyl groups is 1. The SMILES string of the molecule is CO[C@H]1/C=C/O[C@@]2(C)Oc3c(C)c(O)c4c(c3C2=O)C(=O)C(/C=N/N2CCN(C3CCCC3)CC2)=C(NC(=O)/C(C)=C\C=C\[C@H](C)[C@H](O)[C@@H](C)[C@@H](O)[C@@H](C)[C@H](OC(C)=O)[C@@H]1C)C4=O. The summed E-state index contributed by atoms with van der Waals surface area (Å²) >= 11 is 0. The number of nitrogens with zero attached hydrogens (tertiary/aromatic N) is 3. The van der Waals surface area contributed by atoms with Gasteiger partial charge in [0.15, 0.2) is 5.78 Å². The number of allylic oxidation sites excluding steroid dienone is 4. The zero-order valence-corrected chi connectivity index (χ0v) is 37.7. The first-order chi connectivity index (χ1) is 29.8. The molecule has 9 atom stereocenters. The lowest BCUT2D eigenvalue weighted by molar-refractivity contribution is -0.160. The van der Waals surface area contributed by atoms with Gasteiger partial charge < -0.3 is 39.6 Å². The number of hydrogen-bond donors (Lipinski definition) is 4. The van der Waals surface area contributed by atoms with E-state index in [1.807, 2.05) is 0 Å². The number of piperazine rings is 1. The monoisotopic (exact) mass is 874 g/mol. The van der Waals surface area contributed by atoms with Gasteiger partial charge in [-0.2, -0.15) is 5.10 Å². The number of esters is 1. The number of benzene rings is 1. The van der Waals surface area contributed by atoms with E-state index >= 15 is 0 Å². The molecule has 6 aliphatic rings. The first kappa shape index (κ1) is 47.3. The third-order valence-corrected chi connectivity index (χ3v) is 13.5. The number of ether oxygens (including phenoxy) is 4. The Hall–Kier alpha value is -5.16. The van der Waals surface area contributed by atoms with Crippen LogP contribution in [0.5, 0.6) is 11.5 Å². The van der Waals surface area contributed by atoms with Gasteiger partial charge in [0.05, 0.1) is 53.1 Å². The lowest BCUT2D eigenvalue weighted by Gasteiger charge is -2.38. The highest BCUT2D eigenvalue weighted by molar-refractivity contribution is 6.37. The Bertz CT molecular complexity index is 2150. The molecule has 63 heavy (non-hydrogen) atoms. The Labute approximate surface area is 368 Å². The fraction of sp³-hybridized carbons (Fsp3) is 0.574. The summed E-state index contributed by atoms with van der Waals surface area (Å²) in [5.41, 5.74) is -1.74. The van der Waals surface area contributed by atoms with Crippen molar-refractivity contribution >= 4 is 35.4 Å². The fourth-order valence-corrected chi connectivity index (χ4v) is 9.44. The van der Waals surface area contributed by atoms with Crippen molar-refractivity contribution in [2.24, 2.45) is 28.8 Å². The Balaban J connectivity index is 1.43. The molecule has 16 nitrogen and oxygen atoms in total. The van der Waals surface area contributed by atoms with E-state index in [-0.39, 0.29) is 28.0 Å². The molecule has 1 amide bonds. The van der Waals surface area contributed by atoms with Gasteiger partial charge in [0, 0.05) is 88.0 Å². The van der Waals surface area contributed by atoms with Crippen LogP contribution in [-0.2, 0) is 23.8 Å². The largest absolute Gasteiger partial charge is 0.507 e. The maximum absolute atomic E-state index is 14.8. The molecule has 1 saturated carbocycles. The number of carbonyl (C=O) groups excluding carboxylic acids is 5. The highest BCUT2D eigenvalue weighted by Gasteiger charge is 2.52. The normalized spacial score (nSPS) is 33.5. The van der Waals surface area contributed by atoms with Crippen LogP contribution < -0.4 is 10.1 Å². The van der Waals surface area contributed by atoms with Crippen LogP contribution >= 0.6 is 0 Å². The smallest absolute Gasteiger partial charge is 0.312 e. The molecule has 0 spiro atoms. The van der Waals surface area contributed by atoms with Crippen molar-refractivity contribution in [2.45, 2.75) is 117 Å². The van der Waals surface area contributed by atoms with E-state index in [1.54, 1.807) is 44.9 Å². The minimum absolute atomic E-state index is 0.00471. The number of nitrogens with one attached hydrogen (secondary N) is 1. The number of phenols is 1. The van der Waals surface area contributed by atoms with Crippen LogP contribution in [-0.4, -0.2) is 130 Å². The number of hydrazone groups is 1. The number of phenolic OH excluding ortho intramolecular Hbond substituents is 1. The van der Waals surface area contributed by atoms with E-state index in [0.29, 0.717) is 19.1 Å². The van der Waals surface area contributed by atoms with Crippen molar-refractivity contribution in [3.8, 4) is 11.5 Å². The second-order valence-corrected chi connectivity index (χ2v) is 17.8. The molecule has 0 aromatic heterocycles. The van der Waals surface area contributed by atoms with Gasteiger partial charge in [-0.1, -0.05) is 58.8 Å². The highest BCUT2D eigenvalue weighted by atomic mass is 16.7. The summed E-state index contributed by atoms with van der Waals surface area (Å²) in [5.74, 6) is -9.28. The fourth-order valence-electron chi connectivity index (χ4n) is 9.44. The molecule has 2 aliphatic carbocycles. The molecule has 4 N–H and O–H groups in total. The van der Waals surface area contributed by atoms with Gasteiger partial charge in [-0.3, -0.25) is 33.9 Å². The topological polar surface area (TPSA) is 214 Å². The second-order valence-electron chi connectivity index (χ2n) is 17.8. The Morgan fingerprint density at radius 2 is 1.59 bits per heavy atom. The van der Waals surface area contributed by atoms with Gasteiger partial charge in [0.2, 0.25) is 5.78 Å². The van der Waals surface area contributed by atoms with Gasteiger partial charge in [-0.15, -0.1) is 0 Å². The molecule has 4 heterocycles. The molecular formula is C47H62N4O12. The van der Waals surface area contributed by atoms with Crippen molar-refractivity contribution < 1.29 is 58.2 Å². The summed E-state index contributed by atoms with van der Waals surface area (Å²) in [6, 6.07) is 0.535. The molecular weight excluding hydrogens is 813 g/mol. The Morgan fingerprint density at radius 3 is 2.22 bits per heavy atom. The standard InChI is InChI=1S/C47H62N4O12/c1-24-13-12-14-25(2)46(59)49-37-32(23-48-51-20-18-50(19-21-51)31-15-10-11-16-31)41(56)34-35(42(37)57)40(55)29(6)44-36(34)45(58)47(8,63-44)61-22-17-33(60-9)26(3)43(62-30(7)52)28(5)39(54)27(4)38(24)53/h12-14,17,22-24,26-28,31,33,38-39,43,53-55H,10-11,15-16,18-21H2,1-9H3,(H,49,59)/b13-12+,22-17+,25-14-,48-23+/t24-,26+,27+,28+,33-,38-,39+,43+,47-/m0/s1. The lowest BCUT2D eigenvalue weighted by Crippen LogP contribution is -2.48. The summed E-state index contributed by atoms with van der Waals surface area (Å²) in [6.45, 7) is 15.1. The first-order valence-corrected chi connectivity index (χ1v) is 21.9. The van der Waals surface area contributed by atoms with Crippen LogP contribution in [0, 0.1) is 30.6 Å². The minimum atomic E-state index is -2.09. The third kappa shape index (κ3) is 9.40. The van der Waals surface area contributed by atoms with Gasteiger partial charge in [0.1, 0.15) is 23.3 Å². The van der Waals surface area contributed by atoms with E-state index in [4.69, 9.17) is 18.9 Å². The number of ketones is 3. The van der Waals surface area contributed by atoms with E-state index in [9.17, 15) is 39.3 Å². The molecule has 1 aromatic rings. The number of fused-ring (bicyclic) bond motifs is 14. The number of aliphatic hydroxyl groups excluding tert-OH is 2. The van der Waals surface area contributed by atoms with E-state index in [2.05, 4.69) is 15.3 Å². The van der Waals surface area contributed by atoms with Crippen molar-refractivity contribution in [1.29, 1.82) is 0 Å². The molecule has 5 bridgehead atoms. The zero-order chi connectivity index (χ0) is 46.1. The van der Waals surface area contributed by atoms with Gasteiger partial charge in [0.25, 0.3) is 11.7 Å². The minimum Gasteiger partial charge on any atom is -0.507 e. The third-order valence-electron chi connectivity index (χ3n) is 13.5. The van der Waals surface area contributed by atoms with Crippen LogP contribution in [0.3, 0.4) is 0 Å². The van der Waals surface area contributed by atoms with Crippen LogP contribution in [0.2, 0.25) is 0 Å². The number of carbonyl (C=O) groups is 5. The number of hydrogen-bond acceptors (Lipinski definition) is 15. The Morgan fingerprint density at radius 1 is 0.921 bits per heavy atom. The summed E-state index contributed by atoms with van der Waals surface area (Å²) in [7, 11) is 1.43.